The molecule has 9 heteroatoms. The van der Waals surface area contributed by atoms with Crippen LogP contribution in [0.3, 0.4) is 0 Å². The number of nitrogens with zero attached hydrogens (tertiary/aromatic N) is 1. The Hall–Kier alpha value is 0.570. The van der Waals surface area contributed by atoms with Crippen molar-refractivity contribution in [2.45, 2.75) is 60.1 Å². The topological polar surface area (TPSA) is 49.3 Å². The molecule has 22 heavy (non-hydrogen) atoms. The Morgan fingerprint density at radius 1 is 1.27 bits per heavy atom. The molecule has 0 spiro atoms. The number of hydrogen-bond acceptors (Lipinski definition) is 6. The van der Waals surface area contributed by atoms with E-state index in [-0.39, 0.29) is 42.3 Å². The van der Waals surface area contributed by atoms with Crippen molar-refractivity contribution < 1.29 is 18.9 Å². The predicted molar refractivity (Wildman–Crippen MR) is 88.1 cm³/mol. The standard InChI is InChI=1S/C13H18Cl3NO4S/c1-4-22-10-9-8(20-12(2,3)21-9)7-6(19-10)5-18-11(17-7)13(14,15)16/h6-10H,4-5H2,1-3H3/t6-,7+,8+,9+,10-/m1/s1. The highest BCUT2D eigenvalue weighted by molar-refractivity contribution is 7.99. The number of rotatable bonds is 2. The fourth-order valence-electron chi connectivity index (χ4n) is 2.92. The van der Waals surface area contributed by atoms with Gasteiger partial charge in [-0.25, -0.2) is 4.99 Å². The SMILES string of the molecule is CCS[C@H]1O[C@@H]2COC(C(Cl)(Cl)Cl)=N[C@@H]2[C@@H]2OC(C)(C)O[C@@H]21. The highest BCUT2D eigenvalue weighted by Gasteiger charge is 2.57. The van der Waals surface area contributed by atoms with Gasteiger partial charge in [-0.1, -0.05) is 41.7 Å². The summed E-state index contributed by atoms with van der Waals surface area (Å²) in [6.07, 6.45) is -0.692. The molecular weight excluding hydrogens is 373 g/mol. The largest absolute Gasteiger partial charge is 0.475 e. The van der Waals surface area contributed by atoms with Gasteiger partial charge in [0.25, 0.3) is 3.79 Å². The summed E-state index contributed by atoms with van der Waals surface area (Å²) in [4.78, 5) is 4.44. The van der Waals surface area contributed by atoms with E-state index >= 15 is 0 Å². The third-order valence-electron chi connectivity index (χ3n) is 3.68. The molecule has 0 N–H and O–H groups in total. The molecule has 5 nitrogen and oxygen atoms in total. The minimum atomic E-state index is -1.69. The van der Waals surface area contributed by atoms with E-state index in [9.17, 15) is 0 Å². The minimum absolute atomic E-state index is 0.0796. The summed E-state index contributed by atoms with van der Waals surface area (Å²) in [7, 11) is 0. The average Bonchev–Trinajstić information content (AvgIpc) is 2.73. The van der Waals surface area contributed by atoms with Crippen molar-refractivity contribution >= 4 is 52.5 Å². The Morgan fingerprint density at radius 3 is 2.59 bits per heavy atom. The Kier molecular flexibility index (Phi) is 4.85. The molecule has 2 fully saturated rings. The van der Waals surface area contributed by atoms with Gasteiger partial charge in [-0.2, -0.15) is 0 Å². The second-order valence-corrected chi connectivity index (χ2v) is 9.45. The summed E-state index contributed by atoms with van der Waals surface area (Å²) in [6.45, 7) is 6.12. The molecule has 3 heterocycles. The van der Waals surface area contributed by atoms with Crippen LogP contribution in [-0.4, -0.2) is 57.6 Å². The summed E-state index contributed by atoms with van der Waals surface area (Å²) in [5.74, 6) is 0.308. The number of alkyl halides is 3. The molecule has 0 aromatic heterocycles. The molecule has 0 radical (unpaired) electrons. The highest BCUT2D eigenvalue weighted by atomic mass is 35.6. The second kappa shape index (κ2) is 6.14. The molecule has 5 atom stereocenters. The van der Waals surface area contributed by atoms with Crippen molar-refractivity contribution in [3.8, 4) is 0 Å². The third kappa shape index (κ3) is 3.34. The molecule has 3 rings (SSSR count). The summed E-state index contributed by atoms with van der Waals surface area (Å²) in [6, 6.07) is -0.306. The zero-order chi connectivity index (χ0) is 16.1. The number of fused-ring (bicyclic) bond motifs is 3. The molecule has 0 amide bonds. The van der Waals surface area contributed by atoms with Crippen LogP contribution in [0.4, 0.5) is 0 Å². The van der Waals surface area contributed by atoms with Crippen LogP contribution in [0.25, 0.3) is 0 Å². The summed E-state index contributed by atoms with van der Waals surface area (Å²) in [5.41, 5.74) is -0.119. The molecule has 0 saturated carbocycles. The third-order valence-corrected chi connectivity index (χ3v) is 5.21. The van der Waals surface area contributed by atoms with Gasteiger partial charge in [0.1, 0.15) is 36.4 Å². The molecule has 2 saturated heterocycles. The maximum Gasteiger partial charge on any atom is 0.266 e. The van der Waals surface area contributed by atoms with E-state index in [4.69, 9.17) is 53.8 Å². The number of halogens is 3. The van der Waals surface area contributed by atoms with E-state index in [0.29, 0.717) is 0 Å². The highest BCUT2D eigenvalue weighted by Crippen LogP contribution is 2.43. The van der Waals surface area contributed by atoms with Gasteiger partial charge >= 0.3 is 0 Å². The Bertz CT molecular complexity index is 471. The van der Waals surface area contributed by atoms with Gasteiger partial charge < -0.3 is 18.9 Å². The van der Waals surface area contributed by atoms with Gasteiger partial charge in [0.15, 0.2) is 5.79 Å². The first-order valence-corrected chi connectivity index (χ1v) is 9.30. The zero-order valence-electron chi connectivity index (χ0n) is 12.4. The van der Waals surface area contributed by atoms with Gasteiger partial charge in [0.2, 0.25) is 5.90 Å². The minimum Gasteiger partial charge on any atom is -0.475 e. The zero-order valence-corrected chi connectivity index (χ0v) is 15.5. The molecule has 0 aliphatic carbocycles. The Balaban J connectivity index is 1.89. The molecule has 0 unspecified atom stereocenters. The quantitative estimate of drug-likeness (QED) is 0.678. The molecule has 0 aromatic rings. The number of thioether (sulfide) groups is 1. The van der Waals surface area contributed by atoms with Crippen LogP contribution in [0.2, 0.25) is 0 Å². The van der Waals surface area contributed by atoms with Crippen molar-refractivity contribution in [3.05, 3.63) is 0 Å². The maximum atomic E-state index is 6.10. The molecule has 0 bridgehead atoms. The van der Waals surface area contributed by atoms with E-state index in [1.165, 1.54) is 0 Å². The fraction of sp³-hybridized carbons (Fsp3) is 0.923. The Morgan fingerprint density at radius 2 is 1.95 bits per heavy atom. The molecule has 3 aliphatic rings. The van der Waals surface area contributed by atoms with Gasteiger partial charge in [0, 0.05) is 0 Å². The second-order valence-electron chi connectivity index (χ2n) is 5.80. The molecule has 3 aliphatic heterocycles. The first kappa shape index (κ1) is 17.4. The van der Waals surface area contributed by atoms with Crippen molar-refractivity contribution in [3.63, 3.8) is 0 Å². The Labute approximate surface area is 148 Å². The lowest BCUT2D eigenvalue weighted by molar-refractivity contribution is -0.148. The van der Waals surface area contributed by atoms with Crippen LogP contribution < -0.4 is 0 Å². The summed E-state index contributed by atoms with van der Waals surface area (Å²) in [5, 5.41) is 0. The van der Waals surface area contributed by atoms with Gasteiger partial charge in [-0.15, -0.1) is 11.8 Å². The fourth-order valence-corrected chi connectivity index (χ4v) is 4.18. The van der Waals surface area contributed by atoms with Crippen molar-refractivity contribution in [2.24, 2.45) is 4.99 Å². The van der Waals surface area contributed by atoms with E-state index < -0.39 is 9.58 Å². The van der Waals surface area contributed by atoms with E-state index in [1.807, 2.05) is 13.8 Å². The lowest BCUT2D eigenvalue weighted by Gasteiger charge is -2.42. The summed E-state index contributed by atoms with van der Waals surface area (Å²) >= 11 is 19.3. The monoisotopic (exact) mass is 389 g/mol. The number of ether oxygens (including phenoxy) is 4. The molecule has 126 valence electrons. The van der Waals surface area contributed by atoms with Crippen LogP contribution in [0.15, 0.2) is 4.99 Å². The predicted octanol–water partition coefficient (Wildman–Crippen LogP) is 3.15. The average molecular weight is 391 g/mol. The molecule has 0 aromatic carbocycles. The molecular formula is C13H18Cl3NO4S. The smallest absolute Gasteiger partial charge is 0.266 e. The van der Waals surface area contributed by atoms with Gasteiger partial charge in [-0.3, -0.25) is 0 Å². The summed E-state index contributed by atoms with van der Waals surface area (Å²) < 4.78 is 21.9. The van der Waals surface area contributed by atoms with Crippen molar-refractivity contribution in [2.75, 3.05) is 12.4 Å². The van der Waals surface area contributed by atoms with Crippen LogP contribution in [0, 0.1) is 0 Å². The van der Waals surface area contributed by atoms with Crippen LogP contribution in [0.5, 0.6) is 0 Å². The maximum absolute atomic E-state index is 6.10. The van der Waals surface area contributed by atoms with Crippen molar-refractivity contribution in [1.82, 2.24) is 0 Å². The lowest BCUT2D eigenvalue weighted by atomic mass is 9.97. The van der Waals surface area contributed by atoms with Gasteiger partial charge in [0.05, 0.1) is 0 Å². The first-order valence-electron chi connectivity index (χ1n) is 7.12. The van der Waals surface area contributed by atoms with Crippen LogP contribution in [0.1, 0.15) is 20.8 Å². The normalized spacial score (nSPS) is 40.5. The number of hydrogen-bond donors (Lipinski definition) is 0. The van der Waals surface area contributed by atoms with Crippen molar-refractivity contribution in [1.29, 1.82) is 0 Å². The van der Waals surface area contributed by atoms with E-state index in [1.54, 1.807) is 11.8 Å². The van der Waals surface area contributed by atoms with Crippen LogP contribution in [-0.2, 0) is 18.9 Å². The van der Waals surface area contributed by atoms with E-state index in [2.05, 4.69) is 11.9 Å². The van der Waals surface area contributed by atoms with E-state index in [0.717, 1.165) is 5.75 Å². The van der Waals surface area contributed by atoms with Gasteiger partial charge in [-0.05, 0) is 19.6 Å². The lowest BCUT2D eigenvalue weighted by Crippen LogP contribution is -2.58. The van der Waals surface area contributed by atoms with Crippen LogP contribution >= 0.6 is 46.6 Å². The first-order chi connectivity index (χ1) is 10.2. The number of aliphatic imine (C=N–C) groups is 1.